The number of amides is 1. The average molecular weight is 404 g/mol. The second kappa shape index (κ2) is 6.55. The fourth-order valence-electron chi connectivity index (χ4n) is 1.62. The molecule has 98 valence electrons. The van der Waals surface area contributed by atoms with Crippen molar-refractivity contribution < 1.29 is 4.79 Å². The van der Waals surface area contributed by atoms with Crippen LogP contribution in [-0.2, 0) is 5.88 Å². The number of hydrogen-bond acceptors (Lipinski definition) is 1. The minimum atomic E-state index is -0.175. The van der Waals surface area contributed by atoms with E-state index in [2.05, 4.69) is 37.2 Å². The number of alkyl halides is 1. The molecule has 0 aliphatic rings. The molecule has 0 saturated carbocycles. The summed E-state index contributed by atoms with van der Waals surface area (Å²) in [6.07, 6.45) is 0. The smallest absolute Gasteiger partial charge is 0.256 e. The number of benzene rings is 2. The molecule has 2 aromatic rings. The number of para-hydroxylation sites is 1. The van der Waals surface area contributed by atoms with Crippen molar-refractivity contribution in [1.29, 1.82) is 0 Å². The number of hydrogen-bond donors (Lipinski definition) is 1. The Morgan fingerprint density at radius 1 is 1.16 bits per heavy atom. The number of carbonyl (C=O) groups excluding carboxylic acids is 1. The van der Waals surface area contributed by atoms with Crippen LogP contribution in [0, 0.1) is 0 Å². The molecule has 0 aromatic heterocycles. The van der Waals surface area contributed by atoms with Gasteiger partial charge in [0.15, 0.2) is 0 Å². The molecular formula is C14H10Br2ClNO. The van der Waals surface area contributed by atoms with Crippen molar-refractivity contribution in [3.8, 4) is 0 Å². The zero-order valence-corrected chi connectivity index (χ0v) is 13.7. The molecule has 0 atom stereocenters. The lowest BCUT2D eigenvalue weighted by molar-refractivity contribution is 0.102. The highest BCUT2D eigenvalue weighted by atomic mass is 79.9. The van der Waals surface area contributed by atoms with E-state index >= 15 is 0 Å². The summed E-state index contributed by atoms with van der Waals surface area (Å²) in [7, 11) is 0. The standard InChI is InChI=1S/C14H10Br2ClNO/c15-10-5-6-12(16)11(7-10)14(19)18-13-4-2-1-3-9(13)8-17/h1-7H,8H2,(H,18,19). The third-order valence-electron chi connectivity index (χ3n) is 2.58. The average Bonchev–Trinajstić information content (AvgIpc) is 2.42. The Balaban J connectivity index is 2.28. The van der Waals surface area contributed by atoms with Crippen LogP contribution in [0.5, 0.6) is 0 Å². The molecule has 0 aliphatic carbocycles. The van der Waals surface area contributed by atoms with E-state index in [-0.39, 0.29) is 5.91 Å². The highest BCUT2D eigenvalue weighted by Crippen LogP contribution is 2.24. The highest BCUT2D eigenvalue weighted by molar-refractivity contribution is 9.11. The summed E-state index contributed by atoms with van der Waals surface area (Å²) in [4.78, 5) is 12.3. The molecule has 0 heterocycles. The molecule has 0 radical (unpaired) electrons. The molecule has 19 heavy (non-hydrogen) atoms. The van der Waals surface area contributed by atoms with Gasteiger partial charge in [-0.05, 0) is 45.8 Å². The maximum Gasteiger partial charge on any atom is 0.256 e. The third kappa shape index (κ3) is 3.59. The van der Waals surface area contributed by atoms with Crippen LogP contribution in [-0.4, -0.2) is 5.91 Å². The van der Waals surface area contributed by atoms with Gasteiger partial charge in [0.1, 0.15) is 0 Å². The van der Waals surface area contributed by atoms with Crippen molar-refractivity contribution in [3.63, 3.8) is 0 Å². The molecule has 0 spiro atoms. The van der Waals surface area contributed by atoms with E-state index in [1.54, 1.807) is 6.07 Å². The molecule has 2 nitrogen and oxygen atoms in total. The zero-order chi connectivity index (χ0) is 13.8. The first-order valence-electron chi connectivity index (χ1n) is 5.52. The quantitative estimate of drug-likeness (QED) is 0.701. The molecule has 5 heteroatoms. The van der Waals surface area contributed by atoms with Gasteiger partial charge in [-0.1, -0.05) is 34.1 Å². The van der Waals surface area contributed by atoms with E-state index < -0.39 is 0 Å². The lowest BCUT2D eigenvalue weighted by Gasteiger charge is -2.10. The van der Waals surface area contributed by atoms with Gasteiger partial charge >= 0.3 is 0 Å². The van der Waals surface area contributed by atoms with Crippen LogP contribution in [0.3, 0.4) is 0 Å². The Morgan fingerprint density at radius 3 is 2.63 bits per heavy atom. The molecule has 2 rings (SSSR count). The van der Waals surface area contributed by atoms with Gasteiger partial charge in [-0.3, -0.25) is 4.79 Å². The van der Waals surface area contributed by atoms with E-state index in [9.17, 15) is 4.79 Å². The lowest BCUT2D eigenvalue weighted by atomic mass is 10.1. The predicted molar refractivity (Wildman–Crippen MR) is 85.8 cm³/mol. The van der Waals surface area contributed by atoms with Crippen LogP contribution >= 0.6 is 43.5 Å². The van der Waals surface area contributed by atoms with Crippen molar-refractivity contribution in [1.82, 2.24) is 0 Å². The van der Waals surface area contributed by atoms with Crippen molar-refractivity contribution in [2.75, 3.05) is 5.32 Å². The monoisotopic (exact) mass is 401 g/mol. The minimum Gasteiger partial charge on any atom is -0.322 e. The van der Waals surface area contributed by atoms with E-state index in [1.807, 2.05) is 36.4 Å². The normalized spacial score (nSPS) is 10.3. The van der Waals surface area contributed by atoms with Crippen LogP contribution in [0.15, 0.2) is 51.4 Å². The van der Waals surface area contributed by atoms with Gasteiger partial charge in [0.05, 0.1) is 5.56 Å². The summed E-state index contributed by atoms with van der Waals surface area (Å²) in [6, 6.07) is 12.9. The molecular weight excluding hydrogens is 393 g/mol. The first-order chi connectivity index (χ1) is 9.11. The number of carbonyl (C=O) groups is 1. The first-order valence-corrected chi connectivity index (χ1v) is 7.64. The molecule has 1 N–H and O–H groups in total. The van der Waals surface area contributed by atoms with Gasteiger partial charge in [0.2, 0.25) is 0 Å². The maximum atomic E-state index is 12.3. The van der Waals surface area contributed by atoms with Crippen molar-refractivity contribution in [3.05, 3.63) is 62.5 Å². The Bertz CT molecular complexity index is 616. The SMILES string of the molecule is O=C(Nc1ccccc1CCl)c1cc(Br)ccc1Br. The van der Waals surface area contributed by atoms with Gasteiger partial charge in [0, 0.05) is 20.5 Å². The summed E-state index contributed by atoms with van der Waals surface area (Å²) in [5.74, 6) is 0.182. The fourth-order valence-corrected chi connectivity index (χ4v) is 2.64. The van der Waals surface area contributed by atoms with Crippen molar-refractivity contribution in [2.24, 2.45) is 0 Å². The molecule has 0 bridgehead atoms. The summed E-state index contributed by atoms with van der Waals surface area (Å²) >= 11 is 12.6. The summed E-state index contributed by atoms with van der Waals surface area (Å²) in [5, 5.41) is 2.87. The second-order valence-electron chi connectivity index (χ2n) is 3.87. The van der Waals surface area contributed by atoms with Gasteiger partial charge in [-0.25, -0.2) is 0 Å². The van der Waals surface area contributed by atoms with Crippen LogP contribution in [0.4, 0.5) is 5.69 Å². The van der Waals surface area contributed by atoms with E-state index in [1.165, 1.54) is 0 Å². The summed E-state index contributed by atoms with van der Waals surface area (Å²) in [5.41, 5.74) is 2.19. The summed E-state index contributed by atoms with van der Waals surface area (Å²) < 4.78 is 1.60. The van der Waals surface area contributed by atoms with Gasteiger partial charge in [0.25, 0.3) is 5.91 Å². The van der Waals surface area contributed by atoms with Crippen LogP contribution < -0.4 is 5.32 Å². The Labute approximate surface area is 133 Å². The van der Waals surface area contributed by atoms with Crippen molar-refractivity contribution >= 4 is 55.1 Å². The van der Waals surface area contributed by atoms with Crippen LogP contribution in [0.25, 0.3) is 0 Å². The van der Waals surface area contributed by atoms with Gasteiger partial charge < -0.3 is 5.32 Å². The van der Waals surface area contributed by atoms with Crippen LogP contribution in [0.1, 0.15) is 15.9 Å². The number of nitrogens with one attached hydrogen (secondary N) is 1. The lowest BCUT2D eigenvalue weighted by Crippen LogP contribution is -2.13. The predicted octanol–water partition coefficient (Wildman–Crippen LogP) is 5.20. The maximum absolute atomic E-state index is 12.3. The number of halogens is 3. The molecule has 0 saturated heterocycles. The molecule has 0 aliphatic heterocycles. The highest BCUT2D eigenvalue weighted by Gasteiger charge is 2.12. The first kappa shape index (κ1) is 14.6. The van der Waals surface area contributed by atoms with Gasteiger partial charge in [-0.2, -0.15) is 0 Å². The molecule has 0 fully saturated rings. The second-order valence-corrected chi connectivity index (χ2v) is 5.91. The van der Waals surface area contributed by atoms with Crippen molar-refractivity contribution in [2.45, 2.75) is 5.88 Å². The Kier molecular flexibility index (Phi) is 5.02. The van der Waals surface area contributed by atoms with Gasteiger partial charge in [-0.15, -0.1) is 11.6 Å². The minimum absolute atomic E-state index is 0.175. The summed E-state index contributed by atoms with van der Waals surface area (Å²) in [6.45, 7) is 0. The number of anilines is 1. The van der Waals surface area contributed by atoms with E-state index in [4.69, 9.17) is 11.6 Å². The molecule has 2 aromatic carbocycles. The Morgan fingerprint density at radius 2 is 1.89 bits per heavy atom. The third-order valence-corrected chi connectivity index (χ3v) is 4.06. The fraction of sp³-hybridized carbons (Fsp3) is 0.0714. The zero-order valence-electron chi connectivity index (χ0n) is 9.79. The van der Waals surface area contributed by atoms with Crippen LogP contribution in [0.2, 0.25) is 0 Å². The largest absolute Gasteiger partial charge is 0.322 e. The number of rotatable bonds is 3. The Hall–Kier alpha value is -0.840. The molecule has 1 amide bonds. The van der Waals surface area contributed by atoms with E-state index in [0.29, 0.717) is 11.4 Å². The topological polar surface area (TPSA) is 29.1 Å². The molecule has 0 unspecified atom stereocenters. The van der Waals surface area contributed by atoms with E-state index in [0.717, 1.165) is 20.2 Å².